The Hall–Kier alpha value is -7.10. The van der Waals surface area contributed by atoms with E-state index in [0.29, 0.717) is 0 Å². The van der Waals surface area contributed by atoms with E-state index in [2.05, 4.69) is 194 Å². The Labute approximate surface area is 344 Å². The average molecular weight is 759 g/mol. The van der Waals surface area contributed by atoms with Crippen molar-refractivity contribution in [3.63, 3.8) is 0 Å². The first-order chi connectivity index (χ1) is 29.0. The van der Waals surface area contributed by atoms with E-state index in [9.17, 15) is 0 Å². The van der Waals surface area contributed by atoms with Gasteiger partial charge in [0, 0.05) is 62.3 Å². The molecule has 1 aliphatic heterocycles. The molecule has 3 heteroatoms. The van der Waals surface area contributed by atoms with Gasteiger partial charge in [0.1, 0.15) is 11.3 Å². The van der Waals surface area contributed by atoms with Gasteiger partial charge in [0.05, 0.1) is 16.7 Å². The van der Waals surface area contributed by atoms with E-state index < -0.39 is 0 Å². The van der Waals surface area contributed by atoms with Crippen molar-refractivity contribution < 1.29 is 4.42 Å². The Balaban J connectivity index is 0.991. The van der Waals surface area contributed by atoms with Crippen LogP contribution in [0.5, 0.6) is 0 Å². The number of benzene rings is 7. The number of anilines is 2. The lowest BCUT2D eigenvalue weighted by atomic mass is 9.82. The van der Waals surface area contributed by atoms with Crippen LogP contribution in [-0.2, 0) is 24.7 Å². The van der Waals surface area contributed by atoms with E-state index in [1.165, 1.54) is 83.1 Å². The van der Waals surface area contributed by atoms with Gasteiger partial charge in [0.25, 0.3) is 0 Å². The van der Waals surface area contributed by atoms with Gasteiger partial charge in [-0.3, -0.25) is 0 Å². The molecule has 59 heavy (non-hydrogen) atoms. The Morgan fingerprint density at radius 2 is 1.36 bits per heavy atom. The van der Waals surface area contributed by atoms with Gasteiger partial charge in [-0.2, -0.15) is 0 Å². The average Bonchev–Trinajstić information content (AvgIpc) is 3.99. The summed E-state index contributed by atoms with van der Waals surface area (Å²) in [6.07, 6.45) is 9.40. The molecule has 0 bridgehead atoms. The molecule has 0 amide bonds. The van der Waals surface area contributed by atoms with E-state index in [1.54, 1.807) is 0 Å². The highest BCUT2D eigenvalue weighted by molar-refractivity contribution is 6.12. The van der Waals surface area contributed by atoms with Gasteiger partial charge in [-0.05, 0) is 118 Å². The number of allylic oxidation sites excluding steroid dienone is 5. The third kappa shape index (κ3) is 5.01. The van der Waals surface area contributed by atoms with E-state index in [-0.39, 0.29) is 5.41 Å². The van der Waals surface area contributed by atoms with Gasteiger partial charge in [-0.1, -0.05) is 124 Å². The summed E-state index contributed by atoms with van der Waals surface area (Å²) in [5, 5.41) is 3.74. The molecule has 0 saturated heterocycles. The number of furan rings is 1. The molecule has 0 saturated carbocycles. The molecule has 2 aliphatic carbocycles. The van der Waals surface area contributed by atoms with E-state index in [1.807, 2.05) is 6.08 Å². The first-order valence-corrected chi connectivity index (χ1v) is 20.8. The Bertz CT molecular complexity index is 3280. The molecular weight excluding hydrogens is 717 g/mol. The zero-order chi connectivity index (χ0) is 39.4. The molecule has 0 N–H and O–H groups in total. The van der Waals surface area contributed by atoms with Crippen molar-refractivity contribution in [2.75, 3.05) is 4.90 Å². The third-order valence-electron chi connectivity index (χ3n) is 13.3. The first-order valence-electron chi connectivity index (χ1n) is 20.8. The number of hydrogen-bond donors (Lipinski definition) is 0. The van der Waals surface area contributed by atoms with E-state index in [4.69, 9.17) is 4.42 Å². The smallest absolute Gasteiger partial charge is 0.138 e. The molecule has 3 heterocycles. The summed E-state index contributed by atoms with van der Waals surface area (Å²) in [5.74, 6) is 1.04. The second kappa shape index (κ2) is 12.7. The molecule has 0 atom stereocenters. The van der Waals surface area contributed by atoms with Crippen LogP contribution in [0.15, 0.2) is 187 Å². The third-order valence-corrected chi connectivity index (χ3v) is 13.3. The quantitative estimate of drug-likeness (QED) is 0.163. The van der Waals surface area contributed by atoms with Crippen LogP contribution in [-0.4, -0.2) is 4.57 Å². The Morgan fingerprint density at radius 3 is 2.17 bits per heavy atom. The van der Waals surface area contributed by atoms with Crippen molar-refractivity contribution >= 4 is 49.7 Å². The number of hydrogen-bond acceptors (Lipinski definition) is 2. The van der Waals surface area contributed by atoms with E-state index >= 15 is 0 Å². The zero-order valence-corrected chi connectivity index (χ0v) is 33.3. The number of para-hydroxylation sites is 2. The van der Waals surface area contributed by atoms with Crippen LogP contribution in [0.3, 0.4) is 0 Å². The van der Waals surface area contributed by atoms with Crippen LogP contribution in [0.1, 0.15) is 47.2 Å². The van der Waals surface area contributed by atoms with Crippen molar-refractivity contribution in [3.05, 3.63) is 216 Å². The molecular formula is C56H42N2O. The minimum atomic E-state index is -0.0848. The maximum atomic E-state index is 6.71. The van der Waals surface area contributed by atoms with Crippen molar-refractivity contribution in [1.82, 2.24) is 4.57 Å². The van der Waals surface area contributed by atoms with Gasteiger partial charge in [-0.15, -0.1) is 0 Å². The fourth-order valence-corrected chi connectivity index (χ4v) is 10.4. The molecule has 3 aliphatic rings. The molecule has 0 radical (unpaired) electrons. The van der Waals surface area contributed by atoms with Crippen LogP contribution >= 0.6 is 0 Å². The van der Waals surface area contributed by atoms with Crippen molar-refractivity contribution in [2.24, 2.45) is 0 Å². The maximum Gasteiger partial charge on any atom is 0.138 e. The normalized spacial score (nSPS) is 15.7. The standard InChI is InChI=1S/C56H42N2O/c1-4-35(23-26-41-29-38-31-48-44-27-24-36-15-11-12-20-42(36)55(44)59-54(48)34-52(38)57(41)39-16-7-5-8-17-39)37-25-28-51-46(30-37)47-32-45-43-21-13-14-22-49(43)56(2,3)50(45)33-53(47)58(51)40-18-9-6-10-19-40/h4-23,25-26,28,30-34H,1,24,27,29H2,2-3H3/b35-23+,41-26+. The van der Waals surface area contributed by atoms with Gasteiger partial charge in [0.2, 0.25) is 0 Å². The van der Waals surface area contributed by atoms with Crippen molar-refractivity contribution in [2.45, 2.75) is 38.5 Å². The fourth-order valence-electron chi connectivity index (χ4n) is 10.4. The largest absolute Gasteiger partial charge is 0.456 e. The summed E-state index contributed by atoms with van der Waals surface area (Å²) in [5.41, 5.74) is 20.9. The minimum Gasteiger partial charge on any atom is -0.456 e. The number of rotatable bonds is 5. The lowest BCUT2D eigenvalue weighted by Gasteiger charge is -2.21. The van der Waals surface area contributed by atoms with Crippen LogP contribution in [0.4, 0.5) is 11.4 Å². The second-order valence-corrected chi connectivity index (χ2v) is 16.9. The van der Waals surface area contributed by atoms with Gasteiger partial charge in [0.15, 0.2) is 0 Å². The molecule has 0 spiro atoms. The summed E-state index contributed by atoms with van der Waals surface area (Å²) >= 11 is 0. The van der Waals surface area contributed by atoms with Crippen LogP contribution < -0.4 is 4.90 Å². The van der Waals surface area contributed by atoms with Crippen LogP contribution in [0.2, 0.25) is 0 Å². The summed E-state index contributed by atoms with van der Waals surface area (Å²) < 4.78 is 9.15. The molecule has 282 valence electrons. The minimum absolute atomic E-state index is 0.0848. The SMILES string of the molecule is C=C/C(=C\C=C1/Cc2cc3c4c(oc3cc2N1c1ccccc1)-c1ccccc1CC4)c1ccc2c(c1)c1cc3c(cc1n2-c1ccccc1)C(C)(C)c1ccccc1-3. The van der Waals surface area contributed by atoms with Crippen LogP contribution in [0.25, 0.3) is 66.5 Å². The molecule has 12 rings (SSSR count). The highest BCUT2D eigenvalue weighted by Crippen LogP contribution is 2.51. The van der Waals surface area contributed by atoms with Gasteiger partial charge in [-0.25, -0.2) is 0 Å². The Kier molecular flexibility index (Phi) is 7.32. The Morgan fingerprint density at radius 1 is 0.627 bits per heavy atom. The topological polar surface area (TPSA) is 21.3 Å². The molecule has 3 nitrogen and oxygen atoms in total. The fraction of sp³-hybridized carbons (Fsp3) is 0.107. The molecule has 7 aromatic carbocycles. The number of nitrogens with zero attached hydrogens (tertiary/aromatic N) is 2. The summed E-state index contributed by atoms with van der Waals surface area (Å²) in [6.45, 7) is 9.06. The lowest BCUT2D eigenvalue weighted by molar-refractivity contribution is 0.621. The summed E-state index contributed by atoms with van der Waals surface area (Å²) in [4.78, 5) is 2.40. The molecule has 9 aromatic rings. The van der Waals surface area contributed by atoms with E-state index in [0.717, 1.165) is 53.1 Å². The van der Waals surface area contributed by atoms with Crippen LogP contribution in [0, 0.1) is 0 Å². The van der Waals surface area contributed by atoms with Gasteiger partial charge >= 0.3 is 0 Å². The van der Waals surface area contributed by atoms with Crippen molar-refractivity contribution in [3.8, 4) is 28.1 Å². The molecule has 2 aromatic heterocycles. The maximum absolute atomic E-state index is 6.71. The zero-order valence-electron chi connectivity index (χ0n) is 33.3. The predicted octanol–water partition coefficient (Wildman–Crippen LogP) is 14.4. The monoisotopic (exact) mass is 758 g/mol. The molecule has 0 unspecified atom stereocenters. The van der Waals surface area contributed by atoms with Crippen molar-refractivity contribution in [1.29, 1.82) is 0 Å². The highest BCUT2D eigenvalue weighted by atomic mass is 16.3. The predicted molar refractivity (Wildman–Crippen MR) is 246 cm³/mol. The lowest BCUT2D eigenvalue weighted by Crippen LogP contribution is -2.14. The summed E-state index contributed by atoms with van der Waals surface area (Å²) in [6, 6.07) is 55.6. The summed E-state index contributed by atoms with van der Waals surface area (Å²) in [7, 11) is 0. The van der Waals surface area contributed by atoms with Gasteiger partial charge < -0.3 is 13.9 Å². The number of aromatic nitrogens is 1. The second-order valence-electron chi connectivity index (χ2n) is 16.9. The first kappa shape index (κ1) is 34.0. The number of fused-ring (bicyclic) bond motifs is 12. The highest BCUT2D eigenvalue weighted by Gasteiger charge is 2.36. The number of aryl methyl sites for hydroxylation is 2. The molecule has 0 fully saturated rings.